The standard InChI is InChI=1S/C31H25NO5/c33-26-17-8-7-16-25(26)32-29(22-12-9-15-24(20-22)37-23-13-5-2-6-14-23)28(30(35)31(32)36)27(34)19-18-21-10-3-1-4-11-21/h1-17,20,29,33,35H,18-19H2. The van der Waals surface area contributed by atoms with Crippen LogP contribution < -0.4 is 9.64 Å². The summed E-state index contributed by atoms with van der Waals surface area (Å²) in [5, 5.41) is 21.5. The van der Waals surface area contributed by atoms with Crippen LogP contribution in [0.1, 0.15) is 23.6 Å². The molecule has 1 heterocycles. The first kappa shape index (κ1) is 23.9. The number of hydrogen-bond acceptors (Lipinski definition) is 5. The van der Waals surface area contributed by atoms with Gasteiger partial charge in [-0.05, 0) is 53.9 Å². The first-order valence-electron chi connectivity index (χ1n) is 12.0. The van der Waals surface area contributed by atoms with E-state index in [1.807, 2.05) is 60.7 Å². The number of para-hydroxylation sites is 3. The lowest BCUT2D eigenvalue weighted by Gasteiger charge is -2.27. The van der Waals surface area contributed by atoms with Crippen molar-refractivity contribution >= 4 is 17.4 Å². The molecule has 37 heavy (non-hydrogen) atoms. The normalized spacial score (nSPS) is 15.2. The highest BCUT2D eigenvalue weighted by Gasteiger charge is 2.45. The number of aryl methyl sites for hydroxylation is 1. The lowest BCUT2D eigenvalue weighted by atomic mass is 9.93. The second-order valence-corrected chi connectivity index (χ2v) is 8.73. The van der Waals surface area contributed by atoms with Crippen molar-refractivity contribution in [3.63, 3.8) is 0 Å². The molecular weight excluding hydrogens is 466 g/mol. The number of phenolic OH excluding ortho intramolecular Hbond substituents is 1. The van der Waals surface area contributed by atoms with Crippen LogP contribution in [0.2, 0.25) is 0 Å². The van der Waals surface area contributed by atoms with Crippen molar-refractivity contribution in [2.45, 2.75) is 18.9 Å². The first-order valence-corrected chi connectivity index (χ1v) is 12.0. The van der Waals surface area contributed by atoms with Gasteiger partial charge in [0.05, 0.1) is 17.3 Å². The molecule has 0 bridgehead atoms. The number of carbonyl (C=O) groups is 2. The average Bonchev–Trinajstić information content (AvgIpc) is 3.19. The highest BCUT2D eigenvalue weighted by molar-refractivity contribution is 6.17. The van der Waals surface area contributed by atoms with Gasteiger partial charge in [-0.25, -0.2) is 0 Å². The molecule has 1 amide bonds. The van der Waals surface area contributed by atoms with Gasteiger partial charge in [-0.2, -0.15) is 0 Å². The number of amides is 1. The van der Waals surface area contributed by atoms with E-state index in [2.05, 4.69) is 0 Å². The van der Waals surface area contributed by atoms with Gasteiger partial charge in [0, 0.05) is 6.42 Å². The largest absolute Gasteiger partial charge is 0.506 e. The molecule has 6 heteroatoms. The summed E-state index contributed by atoms with van der Waals surface area (Å²) in [6.07, 6.45) is 0.577. The number of benzene rings is 4. The Morgan fingerprint density at radius 2 is 1.43 bits per heavy atom. The smallest absolute Gasteiger partial charge is 0.294 e. The van der Waals surface area contributed by atoms with Crippen molar-refractivity contribution in [2.75, 3.05) is 4.90 Å². The molecule has 2 N–H and O–H groups in total. The maximum absolute atomic E-state index is 13.5. The average molecular weight is 492 g/mol. The Kier molecular flexibility index (Phi) is 6.72. The summed E-state index contributed by atoms with van der Waals surface area (Å²) in [6, 6.07) is 31.3. The maximum Gasteiger partial charge on any atom is 0.294 e. The van der Waals surface area contributed by atoms with Gasteiger partial charge in [0.25, 0.3) is 5.91 Å². The monoisotopic (exact) mass is 491 g/mol. The van der Waals surface area contributed by atoms with E-state index in [4.69, 9.17) is 4.74 Å². The number of phenols is 1. The predicted molar refractivity (Wildman–Crippen MR) is 141 cm³/mol. The number of Topliss-reactive ketones (excluding diaryl/α,β-unsaturated/α-hetero) is 1. The third-order valence-electron chi connectivity index (χ3n) is 6.29. The second kappa shape index (κ2) is 10.4. The summed E-state index contributed by atoms with van der Waals surface area (Å²) >= 11 is 0. The quantitative estimate of drug-likeness (QED) is 0.303. The third-order valence-corrected chi connectivity index (χ3v) is 6.29. The van der Waals surface area contributed by atoms with E-state index in [1.54, 1.807) is 42.5 Å². The number of ether oxygens (including phenoxy) is 1. The molecule has 4 aromatic rings. The van der Waals surface area contributed by atoms with Crippen molar-refractivity contribution in [1.29, 1.82) is 0 Å². The van der Waals surface area contributed by atoms with Gasteiger partial charge < -0.3 is 14.9 Å². The Labute approximate surface area is 214 Å². The predicted octanol–water partition coefficient (Wildman–Crippen LogP) is 6.29. The summed E-state index contributed by atoms with van der Waals surface area (Å²) < 4.78 is 5.98. The van der Waals surface area contributed by atoms with Gasteiger partial charge >= 0.3 is 0 Å². The van der Waals surface area contributed by atoms with E-state index >= 15 is 0 Å². The number of hydrogen-bond donors (Lipinski definition) is 2. The molecule has 1 unspecified atom stereocenters. The number of nitrogens with zero attached hydrogens (tertiary/aromatic N) is 1. The van der Waals surface area contributed by atoms with Gasteiger partial charge in [0.15, 0.2) is 11.5 Å². The fourth-order valence-corrected chi connectivity index (χ4v) is 4.53. The van der Waals surface area contributed by atoms with Gasteiger partial charge in [0.2, 0.25) is 0 Å². The summed E-state index contributed by atoms with van der Waals surface area (Å²) in [4.78, 5) is 28.1. The molecule has 1 aliphatic rings. The van der Waals surface area contributed by atoms with Crippen LogP contribution >= 0.6 is 0 Å². The Hall–Kier alpha value is -4.84. The van der Waals surface area contributed by atoms with Gasteiger partial charge in [0.1, 0.15) is 17.2 Å². The van der Waals surface area contributed by atoms with Crippen LogP contribution in [0.5, 0.6) is 17.2 Å². The van der Waals surface area contributed by atoms with Crippen LogP contribution in [0.3, 0.4) is 0 Å². The molecule has 4 aromatic carbocycles. The Morgan fingerprint density at radius 3 is 2.16 bits per heavy atom. The minimum Gasteiger partial charge on any atom is -0.506 e. The molecule has 6 nitrogen and oxygen atoms in total. The van der Waals surface area contributed by atoms with Crippen molar-refractivity contribution in [2.24, 2.45) is 0 Å². The van der Waals surface area contributed by atoms with Gasteiger partial charge in [-0.3, -0.25) is 14.5 Å². The molecule has 5 rings (SSSR count). The summed E-state index contributed by atoms with van der Waals surface area (Å²) in [6.45, 7) is 0. The highest BCUT2D eigenvalue weighted by atomic mass is 16.5. The van der Waals surface area contributed by atoms with E-state index in [-0.39, 0.29) is 29.2 Å². The van der Waals surface area contributed by atoms with E-state index in [0.29, 0.717) is 23.5 Å². The minimum absolute atomic E-state index is 0.000968. The molecule has 0 spiro atoms. The summed E-state index contributed by atoms with van der Waals surface area (Å²) in [7, 11) is 0. The molecule has 0 radical (unpaired) electrons. The minimum atomic E-state index is -0.941. The van der Waals surface area contributed by atoms with Crippen LogP contribution in [-0.4, -0.2) is 21.9 Å². The molecule has 0 fully saturated rings. The SMILES string of the molecule is O=C(CCc1ccccc1)C1=C(O)C(=O)N(c2ccccc2O)C1c1cccc(Oc2ccccc2)c1. The van der Waals surface area contributed by atoms with E-state index in [9.17, 15) is 19.8 Å². The summed E-state index contributed by atoms with van der Waals surface area (Å²) in [5.74, 6) is -0.687. The zero-order valence-corrected chi connectivity index (χ0v) is 20.0. The van der Waals surface area contributed by atoms with Crippen LogP contribution in [0.4, 0.5) is 5.69 Å². The van der Waals surface area contributed by atoms with Crippen molar-refractivity contribution in [3.8, 4) is 17.2 Å². The van der Waals surface area contributed by atoms with Crippen LogP contribution in [-0.2, 0) is 16.0 Å². The Morgan fingerprint density at radius 1 is 0.784 bits per heavy atom. The highest BCUT2D eigenvalue weighted by Crippen LogP contribution is 2.44. The van der Waals surface area contributed by atoms with E-state index in [0.717, 1.165) is 5.56 Å². The van der Waals surface area contributed by atoms with E-state index in [1.165, 1.54) is 11.0 Å². The maximum atomic E-state index is 13.5. The van der Waals surface area contributed by atoms with Gasteiger partial charge in [-0.1, -0.05) is 72.8 Å². The lowest BCUT2D eigenvalue weighted by Crippen LogP contribution is -2.31. The zero-order chi connectivity index (χ0) is 25.8. The number of anilines is 1. The molecule has 184 valence electrons. The molecule has 0 saturated heterocycles. The Bertz CT molecular complexity index is 1460. The fourth-order valence-electron chi connectivity index (χ4n) is 4.53. The number of carbonyl (C=O) groups excluding carboxylic acids is 2. The lowest BCUT2D eigenvalue weighted by molar-refractivity contribution is -0.118. The summed E-state index contributed by atoms with van der Waals surface area (Å²) in [5.41, 5.74) is 1.75. The fraction of sp³-hybridized carbons (Fsp3) is 0.0968. The number of aliphatic hydroxyl groups is 1. The van der Waals surface area contributed by atoms with Crippen molar-refractivity contribution in [1.82, 2.24) is 0 Å². The van der Waals surface area contributed by atoms with Crippen molar-refractivity contribution < 1.29 is 24.5 Å². The van der Waals surface area contributed by atoms with Crippen molar-refractivity contribution in [3.05, 3.63) is 132 Å². The molecular formula is C31H25NO5. The van der Waals surface area contributed by atoms with Crippen LogP contribution in [0.25, 0.3) is 0 Å². The number of rotatable bonds is 8. The number of ketones is 1. The molecule has 1 atom stereocenters. The van der Waals surface area contributed by atoms with Gasteiger partial charge in [-0.15, -0.1) is 0 Å². The van der Waals surface area contributed by atoms with Crippen LogP contribution in [0, 0.1) is 0 Å². The Balaban J connectivity index is 1.54. The second-order valence-electron chi connectivity index (χ2n) is 8.73. The van der Waals surface area contributed by atoms with E-state index < -0.39 is 17.7 Å². The molecule has 0 aliphatic carbocycles. The molecule has 0 saturated carbocycles. The first-order chi connectivity index (χ1) is 18.0. The molecule has 0 aromatic heterocycles. The number of aromatic hydroxyl groups is 1. The molecule has 1 aliphatic heterocycles. The number of aliphatic hydroxyl groups excluding tert-OH is 1. The third kappa shape index (κ3) is 4.95. The zero-order valence-electron chi connectivity index (χ0n) is 20.0. The topological polar surface area (TPSA) is 87.1 Å². The van der Waals surface area contributed by atoms with Crippen LogP contribution in [0.15, 0.2) is 121 Å².